The molecule has 2 aliphatic heterocycles. The van der Waals surface area contributed by atoms with Gasteiger partial charge in [-0.15, -0.1) is 0 Å². The minimum Gasteiger partial charge on any atom is -0.355 e. The molecule has 2 bridgehead atoms. The molecule has 5 nitrogen and oxygen atoms in total. The van der Waals surface area contributed by atoms with Crippen molar-refractivity contribution < 1.29 is 8.42 Å². The minimum atomic E-state index is -3.25. The van der Waals surface area contributed by atoms with Gasteiger partial charge in [-0.05, 0) is 37.8 Å². The van der Waals surface area contributed by atoms with Crippen molar-refractivity contribution in [3.63, 3.8) is 0 Å². The molecule has 1 N–H and O–H groups in total. The summed E-state index contributed by atoms with van der Waals surface area (Å²) in [6.07, 6.45) is 7.50. The van der Waals surface area contributed by atoms with Crippen LogP contribution in [0.25, 0.3) is 0 Å². The first kappa shape index (κ1) is 13.8. The van der Waals surface area contributed by atoms with Crippen LogP contribution in [-0.4, -0.2) is 44.8 Å². The van der Waals surface area contributed by atoms with Crippen molar-refractivity contribution in [2.24, 2.45) is 0 Å². The Morgan fingerprint density at radius 2 is 1.95 bits per heavy atom. The van der Waals surface area contributed by atoms with Gasteiger partial charge in [-0.25, -0.2) is 13.4 Å². The van der Waals surface area contributed by atoms with Gasteiger partial charge >= 0.3 is 0 Å². The molecule has 2 aliphatic rings. The van der Waals surface area contributed by atoms with Gasteiger partial charge in [0.1, 0.15) is 10.7 Å². The summed E-state index contributed by atoms with van der Waals surface area (Å²) in [6.45, 7) is 0. The first-order valence-electron chi connectivity index (χ1n) is 7.09. The molecular weight excluding hydrogens is 274 g/mol. The number of sulfone groups is 1. The van der Waals surface area contributed by atoms with E-state index in [1.807, 2.05) is 7.05 Å². The van der Waals surface area contributed by atoms with Gasteiger partial charge in [0.05, 0.1) is 0 Å². The number of piperidine rings is 1. The van der Waals surface area contributed by atoms with E-state index in [1.54, 1.807) is 18.3 Å². The zero-order valence-corrected chi connectivity index (χ0v) is 12.7. The van der Waals surface area contributed by atoms with Crippen molar-refractivity contribution >= 4 is 15.7 Å². The topological polar surface area (TPSA) is 62.3 Å². The standard InChI is InChI=1S/C14H21N3O2S/c1-17(12-8-10-5-6-11(9-12)16-10)14-13(20(2,18)19)4-3-7-15-14/h3-4,7,10-12,16H,5-6,8-9H2,1-2H3. The predicted octanol–water partition coefficient (Wildman–Crippen LogP) is 1.20. The summed E-state index contributed by atoms with van der Waals surface area (Å²) in [5, 5.41) is 3.61. The van der Waals surface area contributed by atoms with E-state index >= 15 is 0 Å². The maximum absolute atomic E-state index is 11.9. The Morgan fingerprint density at radius 3 is 2.55 bits per heavy atom. The number of fused-ring (bicyclic) bond motifs is 2. The molecule has 2 atom stereocenters. The molecule has 0 saturated carbocycles. The summed E-state index contributed by atoms with van der Waals surface area (Å²) in [5.74, 6) is 0.585. The normalized spacial score (nSPS) is 29.4. The monoisotopic (exact) mass is 295 g/mol. The number of nitrogens with zero attached hydrogens (tertiary/aromatic N) is 2. The van der Waals surface area contributed by atoms with Gasteiger partial charge in [0.25, 0.3) is 0 Å². The fourth-order valence-electron chi connectivity index (χ4n) is 3.45. The Hall–Kier alpha value is -1.14. The van der Waals surface area contributed by atoms with Gasteiger partial charge in [0.15, 0.2) is 9.84 Å². The third-order valence-corrected chi connectivity index (χ3v) is 5.60. The largest absolute Gasteiger partial charge is 0.355 e. The van der Waals surface area contributed by atoms with Crippen LogP contribution in [0, 0.1) is 0 Å². The lowest BCUT2D eigenvalue weighted by atomic mass is 9.98. The molecular formula is C14H21N3O2S. The van der Waals surface area contributed by atoms with Gasteiger partial charge in [0, 0.05) is 37.6 Å². The van der Waals surface area contributed by atoms with E-state index in [4.69, 9.17) is 0 Å². The highest BCUT2D eigenvalue weighted by molar-refractivity contribution is 7.90. The van der Waals surface area contributed by atoms with Crippen LogP contribution in [0.4, 0.5) is 5.82 Å². The number of aromatic nitrogens is 1. The third kappa shape index (κ3) is 2.54. The SMILES string of the molecule is CN(c1ncccc1S(C)(=O)=O)C1CC2CCC(C1)N2. The molecule has 110 valence electrons. The molecule has 3 heterocycles. The lowest BCUT2D eigenvalue weighted by Gasteiger charge is -2.36. The fraction of sp³-hybridized carbons (Fsp3) is 0.643. The summed E-state index contributed by atoms with van der Waals surface area (Å²) in [5.41, 5.74) is 0. The second kappa shape index (κ2) is 5.00. The molecule has 0 aliphatic carbocycles. The predicted molar refractivity (Wildman–Crippen MR) is 78.7 cm³/mol. The molecule has 1 aromatic heterocycles. The molecule has 6 heteroatoms. The van der Waals surface area contributed by atoms with E-state index in [1.165, 1.54) is 19.1 Å². The van der Waals surface area contributed by atoms with Crippen molar-refractivity contribution in [3.8, 4) is 0 Å². The number of pyridine rings is 1. The summed E-state index contributed by atoms with van der Waals surface area (Å²) < 4.78 is 23.8. The first-order chi connectivity index (χ1) is 9.45. The number of rotatable bonds is 3. The van der Waals surface area contributed by atoms with E-state index in [2.05, 4.69) is 15.2 Å². The lowest BCUT2D eigenvalue weighted by Crippen LogP contribution is -2.47. The van der Waals surface area contributed by atoms with E-state index in [-0.39, 0.29) is 0 Å². The van der Waals surface area contributed by atoms with Crippen molar-refractivity contribution in [2.45, 2.75) is 48.7 Å². The maximum atomic E-state index is 11.9. The molecule has 0 amide bonds. The van der Waals surface area contributed by atoms with Gasteiger partial charge in [-0.2, -0.15) is 0 Å². The molecule has 0 aromatic carbocycles. The molecule has 0 spiro atoms. The summed E-state index contributed by atoms with van der Waals surface area (Å²) in [7, 11) is -1.28. The van der Waals surface area contributed by atoms with Crippen LogP contribution in [0.5, 0.6) is 0 Å². The van der Waals surface area contributed by atoms with Crippen LogP contribution in [0.3, 0.4) is 0 Å². The maximum Gasteiger partial charge on any atom is 0.179 e. The highest BCUT2D eigenvalue weighted by atomic mass is 32.2. The van der Waals surface area contributed by atoms with Crippen LogP contribution in [0.15, 0.2) is 23.2 Å². The van der Waals surface area contributed by atoms with E-state index in [0.29, 0.717) is 28.8 Å². The van der Waals surface area contributed by atoms with Gasteiger partial charge < -0.3 is 10.2 Å². The van der Waals surface area contributed by atoms with Gasteiger partial charge in [-0.1, -0.05) is 0 Å². The molecule has 2 fully saturated rings. The van der Waals surface area contributed by atoms with Crippen LogP contribution in [0.1, 0.15) is 25.7 Å². The quantitative estimate of drug-likeness (QED) is 0.908. The average molecular weight is 295 g/mol. The van der Waals surface area contributed by atoms with E-state index < -0.39 is 9.84 Å². The average Bonchev–Trinajstić information content (AvgIpc) is 2.75. The number of hydrogen-bond acceptors (Lipinski definition) is 5. The Balaban J connectivity index is 1.89. The second-order valence-electron chi connectivity index (χ2n) is 5.97. The molecule has 2 unspecified atom stereocenters. The summed E-state index contributed by atoms with van der Waals surface area (Å²) in [6, 6.07) is 4.84. The number of hydrogen-bond donors (Lipinski definition) is 1. The zero-order valence-electron chi connectivity index (χ0n) is 11.9. The summed E-state index contributed by atoms with van der Waals surface area (Å²) >= 11 is 0. The zero-order chi connectivity index (χ0) is 14.3. The highest BCUT2D eigenvalue weighted by Crippen LogP contribution is 2.32. The Morgan fingerprint density at radius 1 is 1.30 bits per heavy atom. The lowest BCUT2D eigenvalue weighted by molar-refractivity contribution is 0.353. The van der Waals surface area contributed by atoms with Gasteiger partial charge in [0.2, 0.25) is 0 Å². The van der Waals surface area contributed by atoms with Crippen LogP contribution in [-0.2, 0) is 9.84 Å². The van der Waals surface area contributed by atoms with Crippen molar-refractivity contribution in [3.05, 3.63) is 18.3 Å². The molecule has 2 saturated heterocycles. The minimum absolute atomic E-state index is 0.327. The number of nitrogens with one attached hydrogen (secondary N) is 1. The van der Waals surface area contributed by atoms with Crippen LogP contribution < -0.4 is 10.2 Å². The Labute approximate surface area is 120 Å². The molecule has 0 radical (unpaired) electrons. The molecule has 1 aromatic rings. The van der Waals surface area contributed by atoms with E-state index in [9.17, 15) is 8.42 Å². The van der Waals surface area contributed by atoms with Crippen LogP contribution >= 0.6 is 0 Å². The molecule has 3 rings (SSSR count). The Kier molecular flexibility index (Phi) is 3.46. The van der Waals surface area contributed by atoms with Crippen molar-refractivity contribution in [1.82, 2.24) is 10.3 Å². The Bertz CT molecular complexity index is 590. The van der Waals surface area contributed by atoms with Gasteiger partial charge in [-0.3, -0.25) is 0 Å². The fourth-order valence-corrected chi connectivity index (χ4v) is 4.31. The number of anilines is 1. The van der Waals surface area contributed by atoms with Crippen LogP contribution in [0.2, 0.25) is 0 Å². The van der Waals surface area contributed by atoms with Crippen molar-refractivity contribution in [1.29, 1.82) is 0 Å². The third-order valence-electron chi connectivity index (χ3n) is 4.48. The molecule has 20 heavy (non-hydrogen) atoms. The summed E-state index contributed by atoms with van der Waals surface area (Å²) in [4.78, 5) is 6.70. The highest BCUT2D eigenvalue weighted by Gasteiger charge is 2.36. The van der Waals surface area contributed by atoms with E-state index in [0.717, 1.165) is 12.8 Å². The first-order valence-corrected chi connectivity index (χ1v) is 8.98. The van der Waals surface area contributed by atoms with Crippen molar-refractivity contribution in [2.75, 3.05) is 18.2 Å². The smallest absolute Gasteiger partial charge is 0.179 e. The second-order valence-corrected chi connectivity index (χ2v) is 7.96.